The van der Waals surface area contributed by atoms with Crippen LogP contribution in [0.3, 0.4) is 0 Å². The van der Waals surface area contributed by atoms with Gasteiger partial charge in [0.2, 0.25) is 0 Å². The first-order valence-electron chi connectivity index (χ1n) is 34.6. The Morgan fingerprint density at radius 1 is 0.351 bits per heavy atom. The van der Waals surface area contributed by atoms with Crippen LogP contribution in [0.15, 0.2) is 60.7 Å². The Morgan fingerprint density at radius 2 is 0.605 bits per heavy atom. The number of nitrogens with one attached hydrogen (secondary N) is 3. The van der Waals surface area contributed by atoms with Crippen molar-refractivity contribution in [2.45, 2.75) is 83.4 Å². The second-order valence-corrected chi connectivity index (χ2v) is 27.6. The van der Waals surface area contributed by atoms with Crippen molar-refractivity contribution in [3.8, 4) is 28.7 Å². The standard InChI is InChI=1S/C17H21F3N2O3.C16H19F3N2O3.C16H21FN2O3.C15H17F3N2O3.C14H17FN2O3/c1-21(2)9-14-11(7-16(23)25-5)10-6-15(24-4)12(17(18,19)20)8-13(10)22(14)3;1-21(2)8-13-10(6-15(22)24-4)9-5-14(23-3)11(16(17,18)19)7-12(9)20-13;1-18(2)9-14-11(7-16(20)22-5)10-6-15(21-4)12(17)8-13(10)19(14)3;1-20(2)7-12-9(5-14(21)22)8-4-13(23-3)10(15(16,17)18)6-11(8)19-12;1-17(2)7-12-9(5-14(18)19)8-4-13(20-3)10(15)6-11(8)16-12/h6,8H,7,9H2,1-5H3;5,7,20H,6,8H2,1-4H3;6,8H,7,9H2,1-5H3;4,6,19H,5,7H2,1-3H3,(H,21,22);4,6,16H,5,7H2,1-3H3,(H,18,19). The average Bonchev–Trinajstić information content (AvgIpc) is 1.60. The number of nitrogens with zero attached hydrogens (tertiary/aromatic N) is 7. The first-order valence-corrected chi connectivity index (χ1v) is 34.6. The number of carboxylic acid groups (broad SMARTS) is 2. The molecule has 5 aromatic carbocycles. The largest absolute Gasteiger partial charge is 0.496 e. The van der Waals surface area contributed by atoms with Crippen molar-refractivity contribution in [1.82, 2.24) is 48.6 Å². The monoisotopic (exact) mass is 1620 g/mol. The number of hydrogen-bond donors (Lipinski definition) is 5. The number of carboxylic acids is 2. The molecule has 0 amide bonds. The van der Waals surface area contributed by atoms with E-state index in [2.05, 4.69) is 19.7 Å². The van der Waals surface area contributed by atoms with Crippen LogP contribution in [0.25, 0.3) is 54.5 Å². The lowest BCUT2D eigenvalue weighted by molar-refractivity contribution is -0.140. The van der Waals surface area contributed by atoms with E-state index in [0.717, 1.165) is 58.9 Å². The summed E-state index contributed by atoms with van der Waals surface area (Å²) in [7, 11) is 32.4. The molecular weight excluding hydrogens is 1530 g/mol. The third kappa shape index (κ3) is 22.8. The number of ether oxygens (including phenoxy) is 8. The molecule has 0 unspecified atom stereocenters. The van der Waals surface area contributed by atoms with E-state index in [9.17, 15) is 72.3 Å². The van der Waals surface area contributed by atoms with Crippen LogP contribution < -0.4 is 23.7 Å². The highest BCUT2D eigenvalue weighted by atomic mass is 19.4. The van der Waals surface area contributed by atoms with Crippen LogP contribution in [0.4, 0.5) is 48.3 Å². The molecule has 0 saturated carbocycles. The van der Waals surface area contributed by atoms with E-state index < -0.39 is 70.7 Å². The number of hydrogen-bond acceptors (Lipinski definition) is 18. The highest BCUT2D eigenvalue weighted by Gasteiger charge is 2.39. The van der Waals surface area contributed by atoms with Gasteiger partial charge in [-0.3, -0.25) is 24.0 Å². The molecule has 0 spiro atoms. The molecule has 0 radical (unpaired) electrons. The zero-order chi connectivity index (χ0) is 85.7. The van der Waals surface area contributed by atoms with Gasteiger partial charge in [-0.25, -0.2) is 8.78 Å². The molecule has 114 heavy (non-hydrogen) atoms. The van der Waals surface area contributed by atoms with E-state index in [-0.39, 0.29) is 72.3 Å². The summed E-state index contributed by atoms with van der Waals surface area (Å²) in [6.07, 6.45) is -13.9. The lowest BCUT2D eigenvalue weighted by Gasteiger charge is -2.13. The van der Waals surface area contributed by atoms with Gasteiger partial charge in [-0.1, -0.05) is 0 Å². The van der Waals surface area contributed by atoms with Gasteiger partial charge in [0.1, 0.15) is 17.2 Å². The molecule has 0 saturated heterocycles. The topological polar surface area (TPSA) is 273 Å². The molecule has 10 aromatic rings. The van der Waals surface area contributed by atoms with Crippen molar-refractivity contribution in [1.29, 1.82) is 0 Å². The summed E-state index contributed by atoms with van der Waals surface area (Å²) >= 11 is 0. The van der Waals surface area contributed by atoms with Gasteiger partial charge >= 0.3 is 48.4 Å². The molecule has 0 atom stereocenters. The van der Waals surface area contributed by atoms with Gasteiger partial charge in [-0.15, -0.1) is 0 Å². The molecule has 25 nitrogen and oxygen atoms in total. The fourth-order valence-corrected chi connectivity index (χ4v) is 12.9. The Balaban J connectivity index is 0.000000222. The van der Waals surface area contributed by atoms with Crippen LogP contribution in [-0.2, 0) is 136 Å². The van der Waals surface area contributed by atoms with Crippen LogP contribution in [0.5, 0.6) is 28.7 Å². The van der Waals surface area contributed by atoms with Crippen molar-refractivity contribution in [2.75, 3.05) is 127 Å². The van der Waals surface area contributed by atoms with Gasteiger partial charge in [-0.2, -0.15) is 39.5 Å². The lowest BCUT2D eigenvalue weighted by atomic mass is 10.0. The minimum Gasteiger partial charge on any atom is -0.496 e. The summed E-state index contributed by atoms with van der Waals surface area (Å²) in [6.45, 7) is 2.51. The SMILES string of the molecule is COC(=O)Cc1c(CN(C)C)[nH]c2cc(C(F)(F)F)c(OC)cc12.COC(=O)Cc1c(CN(C)C)n(C)c2cc(C(F)(F)F)c(OC)cc12.COC(=O)Cc1c(CN(C)C)n(C)c2cc(F)c(OC)cc12.COc1cc2c(CC(=O)O)c(CN(C)C)[nH]c2cc1C(F)(F)F.COc1cc2c(CC(=O)O)c(CN(C)C)[nH]c2cc1F. The Kier molecular flexibility index (Phi) is 31.3. The molecule has 5 heterocycles. The van der Waals surface area contributed by atoms with E-state index in [1.54, 1.807) is 42.7 Å². The van der Waals surface area contributed by atoms with Crippen molar-refractivity contribution in [3.63, 3.8) is 0 Å². The maximum absolute atomic E-state index is 14.0. The number of aliphatic carboxylic acids is 2. The number of rotatable bonds is 25. The second-order valence-electron chi connectivity index (χ2n) is 27.6. The Morgan fingerprint density at radius 3 is 0.895 bits per heavy atom. The molecule has 0 aliphatic heterocycles. The number of alkyl halides is 9. The molecule has 10 rings (SSSR count). The van der Waals surface area contributed by atoms with Crippen LogP contribution >= 0.6 is 0 Å². The molecule has 0 aliphatic rings. The number of H-pyrrole nitrogens is 3. The van der Waals surface area contributed by atoms with E-state index in [4.69, 9.17) is 43.4 Å². The van der Waals surface area contributed by atoms with Crippen molar-refractivity contribution >= 4 is 84.4 Å². The summed E-state index contributed by atoms with van der Waals surface area (Å²) in [5.74, 6) is -4.70. The summed E-state index contributed by atoms with van der Waals surface area (Å²) in [4.78, 5) is 75.8. The van der Waals surface area contributed by atoms with Crippen LogP contribution in [-0.4, -0.2) is 216 Å². The summed E-state index contributed by atoms with van der Waals surface area (Å²) in [5.41, 5.74) is 6.61. The third-order valence-corrected chi connectivity index (χ3v) is 17.9. The van der Waals surface area contributed by atoms with Gasteiger partial charge < -0.3 is 96.7 Å². The van der Waals surface area contributed by atoms with Gasteiger partial charge in [0.15, 0.2) is 23.1 Å². The summed E-state index contributed by atoms with van der Waals surface area (Å²) in [6, 6.07) is 12.9. The van der Waals surface area contributed by atoms with E-state index in [1.807, 2.05) is 87.6 Å². The maximum atomic E-state index is 14.0. The smallest absolute Gasteiger partial charge is 0.420 e. The molecule has 36 heteroatoms. The Bertz CT molecular complexity index is 5090. The minimum atomic E-state index is -4.56. The Hall–Kier alpha value is -10.8. The average molecular weight is 1620 g/mol. The number of carbonyl (C=O) groups excluding carboxylic acids is 3. The first kappa shape index (κ1) is 92.1. The first-order chi connectivity index (χ1) is 53.2. The fourth-order valence-electron chi connectivity index (χ4n) is 12.9. The highest BCUT2D eigenvalue weighted by Crippen LogP contribution is 2.44. The predicted molar refractivity (Wildman–Crippen MR) is 405 cm³/mol. The van der Waals surface area contributed by atoms with Gasteiger partial charge in [-0.05, 0) is 147 Å². The van der Waals surface area contributed by atoms with Gasteiger partial charge in [0.05, 0.1) is 111 Å². The number of aryl methyl sites for hydroxylation is 2. The number of halogens is 11. The van der Waals surface area contributed by atoms with E-state index >= 15 is 0 Å². The second kappa shape index (κ2) is 38.8. The van der Waals surface area contributed by atoms with E-state index in [0.29, 0.717) is 104 Å². The van der Waals surface area contributed by atoms with Crippen molar-refractivity contribution in [3.05, 3.63) is 145 Å². The molecule has 0 aliphatic carbocycles. The van der Waals surface area contributed by atoms with Crippen molar-refractivity contribution in [2.24, 2.45) is 14.1 Å². The van der Waals surface area contributed by atoms with Crippen molar-refractivity contribution < 1.29 is 120 Å². The van der Waals surface area contributed by atoms with Gasteiger partial charge in [0.25, 0.3) is 0 Å². The van der Waals surface area contributed by atoms with Crippen LogP contribution in [0.2, 0.25) is 0 Å². The number of benzene rings is 5. The third-order valence-electron chi connectivity index (χ3n) is 17.9. The number of aromatic amines is 3. The Labute approximate surface area is 649 Å². The molecule has 0 bridgehead atoms. The minimum absolute atomic E-state index is 0.0223. The van der Waals surface area contributed by atoms with Crippen LogP contribution in [0, 0.1) is 11.6 Å². The number of carbonyl (C=O) groups is 5. The molecule has 624 valence electrons. The lowest BCUT2D eigenvalue weighted by Crippen LogP contribution is -2.16. The fraction of sp³-hybridized carbons (Fsp3) is 0.423. The molecular formula is C78H95F11N10O15. The van der Waals surface area contributed by atoms with Gasteiger partial charge in [0, 0.05) is 136 Å². The van der Waals surface area contributed by atoms with Crippen LogP contribution in [0.1, 0.15) is 73.0 Å². The molecule has 5 aromatic heterocycles. The number of methoxy groups -OCH3 is 8. The number of fused-ring (bicyclic) bond motifs is 5. The maximum Gasteiger partial charge on any atom is 0.420 e. The zero-order valence-electron chi connectivity index (χ0n) is 66.8. The summed E-state index contributed by atoms with van der Waals surface area (Å²) < 4.78 is 189. The highest BCUT2D eigenvalue weighted by molar-refractivity contribution is 5.95. The molecule has 0 fully saturated rings. The molecule has 5 N–H and O–H groups in total. The quantitative estimate of drug-likeness (QED) is 0.0202. The number of esters is 3. The number of aromatic nitrogens is 5. The predicted octanol–water partition coefficient (Wildman–Crippen LogP) is 12.9. The zero-order valence-corrected chi connectivity index (χ0v) is 66.8. The summed E-state index contributed by atoms with van der Waals surface area (Å²) in [5, 5.41) is 21.1. The normalized spacial score (nSPS) is 11.8. The van der Waals surface area contributed by atoms with E-state index in [1.165, 1.54) is 80.1 Å².